The molecule has 0 atom stereocenters. The van der Waals surface area contributed by atoms with Crippen molar-refractivity contribution >= 4 is 62.1 Å². The predicted molar refractivity (Wildman–Crippen MR) is 119 cm³/mol. The number of methoxy groups -OCH3 is 1. The van der Waals surface area contributed by atoms with Gasteiger partial charge in [-0.1, -0.05) is 11.6 Å². The second-order valence-electron chi connectivity index (χ2n) is 6.16. The molecule has 1 heterocycles. The summed E-state index contributed by atoms with van der Waals surface area (Å²) in [6, 6.07) is 10.8. The Labute approximate surface area is 181 Å². The summed E-state index contributed by atoms with van der Waals surface area (Å²) in [4.78, 5) is 17.3. The van der Waals surface area contributed by atoms with E-state index in [1.807, 2.05) is 26.0 Å². The zero-order chi connectivity index (χ0) is 20.3. The summed E-state index contributed by atoms with van der Waals surface area (Å²) in [6.45, 7) is 3.89. The SMILES string of the molecule is COc1cc(/C=C2\SC(=Nc3ccc(Cl)cc3)NC2=O)cc(Br)c1OC(C)C. The van der Waals surface area contributed by atoms with Crippen LogP contribution >= 0.6 is 39.3 Å². The summed E-state index contributed by atoms with van der Waals surface area (Å²) >= 11 is 10.7. The van der Waals surface area contributed by atoms with Gasteiger partial charge in [-0.3, -0.25) is 4.79 Å². The van der Waals surface area contributed by atoms with Crippen LogP contribution in [0.1, 0.15) is 19.4 Å². The fraction of sp³-hybridized carbons (Fsp3) is 0.200. The van der Waals surface area contributed by atoms with Crippen LogP contribution in [0.25, 0.3) is 6.08 Å². The van der Waals surface area contributed by atoms with Crippen molar-refractivity contribution < 1.29 is 14.3 Å². The number of hydrogen-bond acceptors (Lipinski definition) is 5. The molecule has 5 nitrogen and oxygen atoms in total. The molecule has 0 saturated carbocycles. The van der Waals surface area contributed by atoms with Gasteiger partial charge in [0.25, 0.3) is 5.91 Å². The van der Waals surface area contributed by atoms with Crippen molar-refractivity contribution in [2.45, 2.75) is 20.0 Å². The zero-order valence-electron chi connectivity index (χ0n) is 15.5. The number of benzene rings is 2. The summed E-state index contributed by atoms with van der Waals surface area (Å²) in [7, 11) is 1.58. The standard InChI is InChI=1S/C20H18BrClN2O3S/c1-11(2)27-18-15(21)8-12(9-16(18)26-3)10-17-19(25)24-20(28-17)23-14-6-4-13(22)5-7-14/h4-11H,1-3H3,(H,23,24,25)/b17-10-. The summed E-state index contributed by atoms with van der Waals surface area (Å²) in [6.07, 6.45) is 1.80. The molecule has 0 aromatic heterocycles. The second kappa shape index (κ2) is 9.03. The maximum atomic E-state index is 12.3. The fourth-order valence-electron chi connectivity index (χ4n) is 2.44. The number of hydrogen-bond donors (Lipinski definition) is 1. The normalized spacial score (nSPS) is 16.7. The lowest BCUT2D eigenvalue weighted by Gasteiger charge is -2.16. The molecule has 3 rings (SSSR count). The van der Waals surface area contributed by atoms with Crippen molar-refractivity contribution in [2.75, 3.05) is 7.11 Å². The number of rotatable bonds is 5. The first-order valence-electron chi connectivity index (χ1n) is 8.45. The van der Waals surface area contributed by atoms with Crippen LogP contribution in [0.2, 0.25) is 5.02 Å². The molecule has 1 N–H and O–H groups in total. The minimum Gasteiger partial charge on any atom is -0.493 e. The molecule has 1 aliphatic heterocycles. The van der Waals surface area contributed by atoms with E-state index in [1.165, 1.54) is 11.8 Å². The van der Waals surface area contributed by atoms with E-state index in [2.05, 4.69) is 26.2 Å². The van der Waals surface area contributed by atoms with Gasteiger partial charge < -0.3 is 14.8 Å². The van der Waals surface area contributed by atoms with Crippen LogP contribution < -0.4 is 14.8 Å². The van der Waals surface area contributed by atoms with Crippen LogP contribution in [0.3, 0.4) is 0 Å². The van der Waals surface area contributed by atoms with Crippen molar-refractivity contribution in [3.05, 3.63) is 56.4 Å². The van der Waals surface area contributed by atoms with Gasteiger partial charge in [-0.15, -0.1) is 0 Å². The second-order valence-corrected chi connectivity index (χ2v) is 8.48. The van der Waals surface area contributed by atoms with Crippen molar-refractivity contribution in [1.29, 1.82) is 0 Å². The number of thioether (sulfide) groups is 1. The van der Waals surface area contributed by atoms with Gasteiger partial charge in [-0.25, -0.2) is 4.99 Å². The Bertz CT molecular complexity index is 959. The maximum absolute atomic E-state index is 12.3. The molecule has 1 fully saturated rings. The minimum absolute atomic E-state index is 0.0113. The molecule has 0 radical (unpaired) electrons. The zero-order valence-corrected chi connectivity index (χ0v) is 18.6. The van der Waals surface area contributed by atoms with Gasteiger partial charge in [0.1, 0.15) is 0 Å². The highest BCUT2D eigenvalue weighted by Gasteiger charge is 2.24. The van der Waals surface area contributed by atoms with Crippen molar-refractivity contribution in [2.24, 2.45) is 4.99 Å². The molecule has 8 heteroatoms. The number of halogens is 2. The van der Waals surface area contributed by atoms with Crippen LogP contribution in [0.5, 0.6) is 11.5 Å². The van der Waals surface area contributed by atoms with Crippen molar-refractivity contribution in [3.8, 4) is 11.5 Å². The predicted octanol–water partition coefficient (Wildman–Crippen LogP) is 5.79. The summed E-state index contributed by atoms with van der Waals surface area (Å²) < 4.78 is 12.0. The third-order valence-corrected chi connectivity index (χ3v) is 5.36. The van der Waals surface area contributed by atoms with Gasteiger partial charge in [0.05, 0.1) is 28.3 Å². The van der Waals surface area contributed by atoms with Crippen LogP contribution in [0, 0.1) is 0 Å². The Balaban J connectivity index is 1.86. The van der Waals surface area contributed by atoms with Crippen molar-refractivity contribution in [3.63, 3.8) is 0 Å². The first-order chi connectivity index (χ1) is 13.4. The van der Waals surface area contributed by atoms with Crippen LogP contribution in [-0.4, -0.2) is 24.3 Å². The average molecular weight is 482 g/mol. The molecule has 146 valence electrons. The van der Waals surface area contributed by atoms with E-state index in [1.54, 1.807) is 37.5 Å². The number of aliphatic imine (C=N–C) groups is 1. The molecule has 2 aromatic carbocycles. The Morgan fingerprint density at radius 2 is 1.96 bits per heavy atom. The average Bonchev–Trinajstić information content (AvgIpc) is 2.97. The lowest BCUT2D eigenvalue weighted by molar-refractivity contribution is -0.115. The van der Waals surface area contributed by atoms with Gasteiger partial charge >= 0.3 is 0 Å². The largest absolute Gasteiger partial charge is 0.493 e. The third-order valence-electron chi connectivity index (χ3n) is 3.61. The van der Waals surface area contributed by atoms with Gasteiger partial charge in [-0.2, -0.15) is 0 Å². The molecule has 2 aromatic rings. The van der Waals surface area contributed by atoms with E-state index >= 15 is 0 Å². The molecule has 0 unspecified atom stereocenters. The molecule has 1 amide bonds. The number of amidine groups is 1. The minimum atomic E-state index is -0.199. The summed E-state index contributed by atoms with van der Waals surface area (Å²) in [5.74, 6) is 1.02. The smallest absolute Gasteiger partial charge is 0.264 e. The highest BCUT2D eigenvalue weighted by molar-refractivity contribution is 9.10. The van der Waals surface area contributed by atoms with Crippen LogP contribution in [0.4, 0.5) is 5.69 Å². The summed E-state index contributed by atoms with van der Waals surface area (Å²) in [5, 5.41) is 3.93. The molecule has 1 aliphatic rings. The topological polar surface area (TPSA) is 59.9 Å². The lowest BCUT2D eigenvalue weighted by Crippen LogP contribution is -2.19. The molecule has 0 bridgehead atoms. The molecular weight excluding hydrogens is 464 g/mol. The Kier molecular flexibility index (Phi) is 6.69. The molecule has 28 heavy (non-hydrogen) atoms. The number of ether oxygens (including phenoxy) is 2. The van der Waals surface area contributed by atoms with E-state index < -0.39 is 0 Å². The molecule has 0 aliphatic carbocycles. The fourth-order valence-corrected chi connectivity index (χ4v) is 3.96. The molecular formula is C20H18BrClN2O3S. The Morgan fingerprint density at radius 1 is 1.25 bits per heavy atom. The van der Waals surface area contributed by atoms with Gasteiger partial charge in [0.15, 0.2) is 16.7 Å². The van der Waals surface area contributed by atoms with Gasteiger partial charge in [0, 0.05) is 5.02 Å². The van der Waals surface area contributed by atoms with Gasteiger partial charge in [0.2, 0.25) is 0 Å². The first-order valence-corrected chi connectivity index (χ1v) is 10.4. The Hall–Kier alpha value is -1.96. The number of amides is 1. The number of nitrogens with zero attached hydrogens (tertiary/aromatic N) is 1. The Morgan fingerprint density at radius 3 is 2.61 bits per heavy atom. The highest BCUT2D eigenvalue weighted by atomic mass is 79.9. The van der Waals surface area contributed by atoms with E-state index in [0.29, 0.717) is 32.3 Å². The number of carbonyl (C=O) groups is 1. The number of nitrogens with one attached hydrogen (secondary N) is 1. The third kappa shape index (κ3) is 5.10. The van der Waals surface area contributed by atoms with E-state index in [4.69, 9.17) is 21.1 Å². The summed E-state index contributed by atoms with van der Waals surface area (Å²) in [5.41, 5.74) is 1.53. The molecule has 1 saturated heterocycles. The number of carbonyl (C=O) groups excluding carboxylic acids is 1. The quantitative estimate of drug-likeness (QED) is 0.549. The van der Waals surface area contributed by atoms with Crippen LogP contribution in [0.15, 0.2) is 50.8 Å². The van der Waals surface area contributed by atoms with Gasteiger partial charge in [-0.05, 0) is 89.6 Å². The van der Waals surface area contributed by atoms with Crippen LogP contribution in [-0.2, 0) is 4.79 Å². The maximum Gasteiger partial charge on any atom is 0.264 e. The first kappa shape index (κ1) is 20.8. The van der Waals surface area contributed by atoms with E-state index in [0.717, 1.165) is 10.0 Å². The molecule has 0 spiro atoms. The van der Waals surface area contributed by atoms with E-state index in [9.17, 15) is 4.79 Å². The lowest BCUT2D eigenvalue weighted by atomic mass is 10.2. The highest BCUT2D eigenvalue weighted by Crippen LogP contribution is 2.39. The monoisotopic (exact) mass is 480 g/mol. The van der Waals surface area contributed by atoms with Crippen molar-refractivity contribution in [1.82, 2.24) is 5.32 Å². The van der Waals surface area contributed by atoms with E-state index in [-0.39, 0.29) is 12.0 Å².